The number of amides is 1. The van der Waals surface area contributed by atoms with Crippen LogP contribution in [0, 0.1) is 5.41 Å². The van der Waals surface area contributed by atoms with Crippen LogP contribution in [0.15, 0.2) is 29.4 Å². The van der Waals surface area contributed by atoms with Gasteiger partial charge in [0.15, 0.2) is 5.82 Å². The van der Waals surface area contributed by atoms with Gasteiger partial charge in [-0.15, -0.1) is 10.2 Å². The summed E-state index contributed by atoms with van der Waals surface area (Å²) in [4.78, 5) is 21.3. The van der Waals surface area contributed by atoms with Gasteiger partial charge in [-0.2, -0.15) is 0 Å². The monoisotopic (exact) mass is 1410 g/mol. The smallest absolute Gasteiger partial charge is 0.260 e. The van der Waals surface area contributed by atoms with Crippen molar-refractivity contribution in [3.63, 3.8) is 0 Å². The summed E-state index contributed by atoms with van der Waals surface area (Å²) >= 11 is 0. The normalized spacial score (nSPS) is 13.1. The summed E-state index contributed by atoms with van der Waals surface area (Å²) in [6, 6.07) is 8.31. The van der Waals surface area contributed by atoms with E-state index in [2.05, 4.69) is 61.3 Å². The highest BCUT2D eigenvalue weighted by molar-refractivity contribution is 5.88. The molecule has 0 bridgehead atoms. The molecule has 1 amide bonds. The van der Waals surface area contributed by atoms with Crippen LogP contribution in [0.25, 0.3) is 21.5 Å². The third-order valence-corrected chi connectivity index (χ3v) is 14.8. The van der Waals surface area contributed by atoms with Crippen molar-refractivity contribution in [2.45, 2.75) is 91.3 Å². The Balaban J connectivity index is 0.796. The Bertz CT molecular complexity index is 2410. The largest absolute Gasteiger partial charge is 0.472 e. The molecule has 0 radical (unpaired) electrons. The Hall–Kier alpha value is -4.65. The number of hydrogen-bond acceptors (Lipinski definition) is 27. The summed E-state index contributed by atoms with van der Waals surface area (Å²) in [6.07, 6.45) is 7.47. The van der Waals surface area contributed by atoms with Crippen molar-refractivity contribution in [1.29, 1.82) is 0 Å². The number of anilines is 1. The molecular formula is C68H119N9O22. The highest BCUT2D eigenvalue weighted by Gasteiger charge is 2.39. The van der Waals surface area contributed by atoms with Crippen LogP contribution in [0.1, 0.15) is 82.7 Å². The average Bonchev–Trinajstić information content (AvgIpc) is 1.66. The van der Waals surface area contributed by atoms with Crippen molar-refractivity contribution in [2.24, 2.45) is 10.5 Å². The lowest BCUT2D eigenvalue weighted by atomic mass is 9.74. The summed E-state index contributed by atoms with van der Waals surface area (Å²) in [5.41, 5.74) is 17.4. The number of imidazole rings is 1. The minimum absolute atomic E-state index is 0.0400. The fraction of sp³-hybridized carbons (Fsp3) is 0.824. The van der Waals surface area contributed by atoms with Crippen molar-refractivity contribution >= 4 is 22.8 Å². The van der Waals surface area contributed by atoms with Gasteiger partial charge in [-0.3, -0.25) is 4.79 Å². The van der Waals surface area contributed by atoms with Crippen molar-refractivity contribution in [2.75, 3.05) is 277 Å². The first-order chi connectivity index (χ1) is 48.9. The van der Waals surface area contributed by atoms with E-state index in [1.165, 1.54) is 0 Å². The van der Waals surface area contributed by atoms with Gasteiger partial charge in [-0.05, 0) is 49.8 Å². The van der Waals surface area contributed by atoms with Crippen LogP contribution in [0.5, 0.6) is 5.88 Å². The number of aromatic nitrogens is 4. The van der Waals surface area contributed by atoms with Gasteiger partial charge in [-0.1, -0.05) is 62.0 Å². The minimum atomic E-state index is -0.553. The predicted molar refractivity (Wildman–Crippen MR) is 367 cm³/mol. The van der Waals surface area contributed by atoms with Gasteiger partial charge in [0.1, 0.15) is 16.9 Å². The number of aryl methyl sites for hydroxylation is 1. The second-order valence-electron chi connectivity index (χ2n) is 23.0. The van der Waals surface area contributed by atoms with Gasteiger partial charge in [-0.25, -0.2) is 4.98 Å². The number of hydrogen-bond donors (Lipinski definition) is 2. The topological polar surface area (TPSA) is 341 Å². The van der Waals surface area contributed by atoms with Crippen LogP contribution in [0.2, 0.25) is 0 Å². The number of unbranched alkanes of at least 4 members (excludes halogenated alkanes) is 1. The van der Waals surface area contributed by atoms with Gasteiger partial charge in [0.25, 0.3) is 5.88 Å². The molecule has 3 N–H and O–H groups in total. The Morgan fingerprint density at radius 3 is 1.17 bits per heavy atom. The number of azide groups is 1. The molecule has 0 aliphatic heterocycles. The molecule has 2 heterocycles. The molecule has 99 heavy (non-hydrogen) atoms. The molecule has 1 aliphatic carbocycles. The molecule has 1 fully saturated rings. The lowest BCUT2D eigenvalue weighted by molar-refractivity contribution is -0.138. The molecule has 0 unspecified atom stereocenters. The van der Waals surface area contributed by atoms with E-state index in [9.17, 15) is 4.79 Å². The number of fused-ring (bicyclic) bond motifs is 1. The van der Waals surface area contributed by atoms with Crippen LogP contribution < -0.4 is 15.8 Å². The molecule has 1 aromatic carbocycles. The molecule has 4 rings (SSSR count). The molecule has 0 saturated heterocycles. The quantitative estimate of drug-likeness (QED) is 0.0292. The number of nitrogens with one attached hydrogen (secondary N) is 1. The molecule has 31 nitrogen and oxygen atoms in total. The third-order valence-electron chi connectivity index (χ3n) is 14.8. The molecular weight excluding hydrogens is 1290 g/mol. The zero-order chi connectivity index (χ0) is 70.3. The van der Waals surface area contributed by atoms with Crippen LogP contribution in [-0.2, 0) is 119 Å². The van der Waals surface area contributed by atoms with E-state index in [0.29, 0.717) is 295 Å². The zero-order valence-electron chi connectivity index (χ0n) is 59.6. The first-order valence-corrected chi connectivity index (χ1v) is 35.5. The summed E-state index contributed by atoms with van der Waals surface area (Å²) in [5, 5.41) is 15.0. The number of ether oxygens (including phenoxy) is 21. The number of rotatable bonds is 72. The van der Waals surface area contributed by atoms with Gasteiger partial charge in [0.2, 0.25) is 5.91 Å². The number of nitrogen functional groups attached to an aromatic ring is 1. The van der Waals surface area contributed by atoms with Crippen LogP contribution in [0.3, 0.4) is 0 Å². The highest BCUT2D eigenvalue weighted by Crippen LogP contribution is 2.37. The van der Waals surface area contributed by atoms with E-state index in [4.69, 9.17) is 116 Å². The molecule has 1 saturated carbocycles. The summed E-state index contributed by atoms with van der Waals surface area (Å²) in [6.45, 7) is 26.0. The second kappa shape index (κ2) is 62.0. The number of carbonyl (C=O) groups excluding carboxylic acids is 1. The number of benzene rings is 1. The third kappa shape index (κ3) is 44.5. The highest BCUT2D eigenvalue weighted by atomic mass is 16.6. The van der Waals surface area contributed by atoms with Crippen molar-refractivity contribution in [3.8, 4) is 5.88 Å². The Labute approximate surface area is 586 Å². The predicted octanol–water partition coefficient (Wildman–Crippen LogP) is 5.80. The molecule has 31 heteroatoms. The first kappa shape index (κ1) is 86.8. The molecule has 0 spiro atoms. The Kier molecular flexibility index (Phi) is 54.3. The fourth-order valence-corrected chi connectivity index (χ4v) is 9.66. The lowest BCUT2D eigenvalue weighted by Crippen LogP contribution is -2.45. The molecule has 568 valence electrons. The van der Waals surface area contributed by atoms with Crippen LogP contribution >= 0.6 is 0 Å². The maximum absolute atomic E-state index is 13.8. The van der Waals surface area contributed by atoms with Crippen LogP contribution in [-0.4, -0.2) is 303 Å². The van der Waals surface area contributed by atoms with E-state index in [-0.39, 0.29) is 17.8 Å². The van der Waals surface area contributed by atoms with E-state index in [1.807, 2.05) is 13.8 Å². The SMILES string of the molecule is CCCCc1nc2c(N)nnc(OC(C)C)c2n1Cc1ccc(CNC(=O)C2(COCCOCCOCCOCCOCCOCCOCCOCCOCCOCCOCCOCCOCCOCCOCCOCCOCCOCCOCCOCCN=[N+]=[N-])CCCCC2)cc1. The molecule has 0 atom stereocenters. The molecule has 1 aliphatic rings. The van der Waals surface area contributed by atoms with Gasteiger partial charge >= 0.3 is 0 Å². The average molecular weight is 1410 g/mol. The summed E-state index contributed by atoms with van der Waals surface area (Å²) in [5.74, 6) is 1.67. The molecule has 3 aromatic rings. The Morgan fingerprint density at radius 2 is 0.838 bits per heavy atom. The van der Waals surface area contributed by atoms with Crippen molar-refractivity contribution < 1.29 is 104 Å². The minimum Gasteiger partial charge on any atom is -0.472 e. The van der Waals surface area contributed by atoms with E-state index < -0.39 is 5.41 Å². The van der Waals surface area contributed by atoms with Gasteiger partial charge in [0, 0.05) is 31.0 Å². The van der Waals surface area contributed by atoms with E-state index in [0.717, 1.165) is 73.8 Å². The van der Waals surface area contributed by atoms with Crippen molar-refractivity contribution in [1.82, 2.24) is 25.1 Å². The standard InChI is InChI=1S/C68H119N9O22/c1-4-5-9-62-73-63-64(66(99-59(2)3)75-74-65(63)69)77(62)57-61-12-10-60(11-13-61)56-71-67(78)68(14-7-6-8-15-68)58-98-55-54-97-53-52-96-51-50-95-49-48-94-47-46-93-45-44-92-43-42-91-41-40-90-39-38-89-37-36-88-35-34-87-33-32-86-31-30-85-29-28-84-27-26-83-25-24-82-23-22-81-21-20-80-19-18-79-17-16-72-76-70/h10-13,59H,4-9,14-58H2,1-3H3,(H2,69,74)(H,71,78). The second-order valence-corrected chi connectivity index (χ2v) is 23.0. The fourth-order valence-electron chi connectivity index (χ4n) is 9.66. The Morgan fingerprint density at radius 1 is 0.505 bits per heavy atom. The summed E-state index contributed by atoms with van der Waals surface area (Å²) in [7, 11) is 0. The zero-order valence-corrected chi connectivity index (χ0v) is 59.6. The van der Waals surface area contributed by atoms with Crippen molar-refractivity contribution in [3.05, 3.63) is 51.7 Å². The number of carbonyl (C=O) groups is 1. The lowest BCUT2D eigenvalue weighted by Gasteiger charge is -2.35. The number of nitrogens with zero attached hydrogens (tertiary/aromatic N) is 7. The first-order valence-electron chi connectivity index (χ1n) is 35.5. The maximum atomic E-state index is 13.8. The summed E-state index contributed by atoms with van der Waals surface area (Å²) < 4.78 is 119. The maximum Gasteiger partial charge on any atom is 0.260 e. The molecule has 2 aromatic heterocycles. The van der Waals surface area contributed by atoms with E-state index in [1.54, 1.807) is 0 Å². The van der Waals surface area contributed by atoms with Crippen LogP contribution in [0.4, 0.5) is 5.82 Å². The van der Waals surface area contributed by atoms with E-state index >= 15 is 0 Å². The number of nitrogens with two attached hydrogens (primary N) is 1. The van der Waals surface area contributed by atoms with Gasteiger partial charge in [0.05, 0.1) is 276 Å². The van der Waals surface area contributed by atoms with Gasteiger partial charge < -0.3 is 115 Å².